The first-order valence-corrected chi connectivity index (χ1v) is 7.15. The lowest BCUT2D eigenvalue weighted by Gasteiger charge is -2.32. The lowest BCUT2D eigenvalue weighted by Crippen LogP contribution is -2.43. The molecule has 1 saturated carbocycles. The molecule has 3 atom stereocenters. The van der Waals surface area contributed by atoms with Gasteiger partial charge < -0.3 is 4.74 Å². The molecule has 102 valence electrons. The van der Waals surface area contributed by atoms with Gasteiger partial charge in [-0.15, -0.1) is 5.10 Å². The molecule has 6 nitrogen and oxygen atoms in total. The van der Waals surface area contributed by atoms with Crippen molar-refractivity contribution >= 4 is 11.7 Å². The molecule has 2 fully saturated rings. The Hall–Kier alpha value is -1.43. The summed E-state index contributed by atoms with van der Waals surface area (Å²) in [5, 5.41) is 10.9. The van der Waals surface area contributed by atoms with Crippen LogP contribution < -0.4 is 4.90 Å². The quantitative estimate of drug-likeness (QED) is 0.816. The van der Waals surface area contributed by atoms with Crippen LogP contribution in [0.5, 0.6) is 0 Å². The van der Waals surface area contributed by atoms with E-state index >= 15 is 0 Å². The van der Waals surface area contributed by atoms with Gasteiger partial charge >= 0.3 is 0 Å². The maximum Gasteiger partial charge on any atom is 0.231 e. The maximum atomic E-state index is 12.8. The second-order valence-corrected chi connectivity index (χ2v) is 5.82. The van der Waals surface area contributed by atoms with Crippen LogP contribution in [0.15, 0.2) is 0 Å². The van der Waals surface area contributed by atoms with Gasteiger partial charge in [0.25, 0.3) is 0 Å². The number of rotatable bonds is 1. The van der Waals surface area contributed by atoms with Crippen LogP contribution >= 0.6 is 0 Å². The average Bonchev–Trinajstić information content (AvgIpc) is 3.05. The predicted molar refractivity (Wildman–Crippen MR) is 67.6 cm³/mol. The third-order valence-electron chi connectivity index (χ3n) is 4.71. The number of ether oxygens (including phenoxy) is 1. The summed E-state index contributed by atoms with van der Waals surface area (Å²) in [4.78, 5) is 14.6. The zero-order chi connectivity index (χ0) is 12.8. The number of aromatic nitrogens is 3. The van der Waals surface area contributed by atoms with Crippen molar-refractivity contribution in [2.75, 3.05) is 18.1 Å². The van der Waals surface area contributed by atoms with E-state index in [4.69, 9.17) is 4.74 Å². The van der Waals surface area contributed by atoms with Gasteiger partial charge in [0.2, 0.25) is 5.91 Å². The summed E-state index contributed by atoms with van der Waals surface area (Å²) < 4.78 is 5.69. The van der Waals surface area contributed by atoms with Crippen molar-refractivity contribution in [3.05, 3.63) is 5.69 Å². The number of H-pyrrole nitrogens is 1. The Morgan fingerprint density at radius 1 is 1.37 bits per heavy atom. The Morgan fingerprint density at radius 2 is 2.32 bits per heavy atom. The van der Waals surface area contributed by atoms with E-state index in [-0.39, 0.29) is 11.8 Å². The van der Waals surface area contributed by atoms with Crippen LogP contribution in [0.2, 0.25) is 0 Å². The summed E-state index contributed by atoms with van der Waals surface area (Å²) in [6.45, 7) is 1.52. The van der Waals surface area contributed by atoms with E-state index in [0.29, 0.717) is 12.0 Å². The molecule has 1 aromatic heterocycles. The molecule has 19 heavy (non-hydrogen) atoms. The maximum absolute atomic E-state index is 12.8. The Labute approximate surface area is 111 Å². The molecule has 2 aliphatic heterocycles. The van der Waals surface area contributed by atoms with Crippen LogP contribution in [0, 0.1) is 11.8 Å². The van der Waals surface area contributed by atoms with Crippen molar-refractivity contribution in [2.45, 2.75) is 38.2 Å². The monoisotopic (exact) mass is 262 g/mol. The van der Waals surface area contributed by atoms with Gasteiger partial charge in [-0.25, -0.2) is 0 Å². The van der Waals surface area contributed by atoms with E-state index in [0.717, 1.165) is 56.8 Å². The van der Waals surface area contributed by atoms with E-state index in [1.54, 1.807) is 0 Å². The van der Waals surface area contributed by atoms with Crippen molar-refractivity contribution in [1.29, 1.82) is 0 Å². The van der Waals surface area contributed by atoms with Gasteiger partial charge in [0, 0.05) is 12.5 Å². The van der Waals surface area contributed by atoms with Gasteiger partial charge in [-0.05, 0) is 38.0 Å². The summed E-state index contributed by atoms with van der Waals surface area (Å²) in [6.07, 6.45) is 5.31. The van der Waals surface area contributed by atoms with E-state index in [1.807, 2.05) is 4.90 Å². The number of aromatic amines is 1. The fraction of sp³-hybridized carbons (Fsp3) is 0.769. The molecule has 1 amide bonds. The second kappa shape index (κ2) is 4.30. The molecule has 0 spiro atoms. The fourth-order valence-corrected chi connectivity index (χ4v) is 3.70. The van der Waals surface area contributed by atoms with E-state index in [2.05, 4.69) is 15.4 Å². The van der Waals surface area contributed by atoms with Gasteiger partial charge in [0.1, 0.15) is 5.69 Å². The normalized spacial score (nSPS) is 33.3. The van der Waals surface area contributed by atoms with Crippen molar-refractivity contribution in [3.63, 3.8) is 0 Å². The summed E-state index contributed by atoms with van der Waals surface area (Å²) >= 11 is 0. The summed E-state index contributed by atoms with van der Waals surface area (Å²) in [5.74, 6) is 1.49. The highest BCUT2D eigenvalue weighted by molar-refractivity contribution is 5.95. The van der Waals surface area contributed by atoms with Crippen molar-refractivity contribution in [2.24, 2.45) is 11.8 Å². The number of hydrogen-bond acceptors (Lipinski definition) is 4. The first-order valence-electron chi connectivity index (χ1n) is 7.15. The van der Waals surface area contributed by atoms with Gasteiger partial charge in [-0.2, -0.15) is 10.3 Å². The Balaban J connectivity index is 1.58. The number of aryl methyl sites for hydroxylation is 1. The van der Waals surface area contributed by atoms with Gasteiger partial charge in [-0.1, -0.05) is 0 Å². The first-order chi connectivity index (χ1) is 9.33. The van der Waals surface area contributed by atoms with E-state index < -0.39 is 0 Å². The molecule has 1 saturated heterocycles. The fourth-order valence-electron chi connectivity index (χ4n) is 3.70. The Morgan fingerprint density at radius 3 is 3.26 bits per heavy atom. The third-order valence-corrected chi connectivity index (χ3v) is 4.71. The van der Waals surface area contributed by atoms with Crippen LogP contribution in [0.1, 0.15) is 31.4 Å². The number of carbonyl (C=O) groups excluding carboxylic acids is 1. The van der Waals surface area contributed by atoms with Crippen molar-refractivity contribution in [3.8, 4) is 0 Å². The molecule has 3 aliphatic rings. The summed E-state index contributed by atoms with van der Waals surface area (Å²) in [5.41, 5.74) is 0.927. The molecule has 0 unspecified atom stereocenters. The minimum atomic E-state index is 0.112. The van der Waals surface area contributed by atoms with Crippen LogP contribution in [0.3, 0.4) is 0 Å². The van der Waals surface area contributed by atoms with Crippen LogP contribution in [0.25, 0.3) is 0 Å². The molecular formula is C13H18N4O2. The zero-order valence-corrected chi connectivity index (χ0v) is 10.8. The molecule has 6 heteroatoms. The molecule has 2 bridgehead atoms. The summed E-state index contributed by atoms with van der Waals surface area (Å²) in [6, 6.07) is 0. The Bertz CT molecular complexity index is 501. The first kappa shape index (κ1) is 11.4. The van der Waals surface area contributed by atoms with Crippen LogP contribution in [0.4, 0.5) is 5.82 Å². The standard InChI is InChI=1S/C13H18N4O2/c18-13(10-4-3-9-6-8(10)7-19-9)17-5-1-2-11-12(17)15-16-14-11/h8-10H,1-7H2,(H,14,15,16)/t8-,9+,10-/m1/s1. The van der Waals surface area contributed by atoms with Crippen molar-refractivity contribution in [1.82, 2.24) is 15.4 Å². The largest absolute Gasteiger partial charge is 0.378 e. The summed E-state index contributed by atoms with van der Waals surface area (Å²) in [7, 11) is 0. The Kier molecular flexibility index (Phi) is 2.58. The highest BCUT2D eigenvalue weighted by atomic mass is 16.5. The molecule has 0 aromatic carbocycles. The topological polar surface area (TPSA) is 71.1 Å². The molecule has 3 heterocycles. The van der Waals surface area contributed by atoms with E-state index in [1.165, 1.54) is 0 Å². The number of nitrogens with zero attached hydrogens (tertiary/aromatic N) is 3. The lowest BCUT2D eigenvalue weighted by atomic mass is 9.79. The number of hydrogen-bond donors (Lipinski definition) is 1. The molecule has 0 radical (unpaired) electrons. The molecule has 4 rings (SSSR count). The van der Waals surface area contributed by atoms with Gasteiger partial charge in [0.05, 0.1) is 12.7 Å². The molecule has 1 N–H and O–H groups in total. The number of amides is 1. The van der Waals surface area contributed by atoms with Gasteiger partial charge in [-0.3, -0.25) is 9.69 Å². The number of nitrogens with one attached hydrogen (secondary N) is 1. The highest BCUT2D eigenvalue weighted by Crippen LogP contribution is 2.39. The van der Waals surface area contributed by atoms with Crippen LogP contribution in [-0.2, 0) is 16.0 Å². The number of carbonyl (C=O) groups is 1. The minimum Gasteiger partial charge on any atom is -0.378 e. The second-order valence-electron chi connectivity index (χ2n) is 5.82. The smallest absolute Gasteiger partial charge is 0.231 e. The lowest BCUT2D eigenvalue weighted by molar-refractivity contribution is -0.124. The molecule has 1 aromatic rings. The highest BCUT2D eigenvalue weighted by Gasteiger charge is 2.42. The number of fused-ring (bicyclic) bond motifs is 3. The molecule has 1 aliphatic carbocycles. The van der Waals surface area contributed by atoms with Crippen LogP contribution in [-0.4, -0.2) is 40.6 Å². The SMILES string of the molecule is O=C([C@@H]1CC[C@H]2C[C@@H]1CO2)N1CCCc2n[nH]nc21. The number of anilines is 1. The average molecular weight is 262 g/mol. The van der Waals surface area contributed by atoms with Crippen molar-refractivity contribution < 1.29 is 9.53 Å². The van der Waals surface area contributed by atoms with E-state index in [9.17, 15) is 4.79 Å². The predicted octanol–water partition coefficient (Wildman–Crippen LogP) is 0.899. The minimum absolute atomic E-state index is 0.112. The molecular weight excluding hydrogens is 244 g/mol. The third kappa shape index (κ3) is 1.77. The van der Waals surface area contributed by atoms with Gasteiger partial charge in [0.15, 0.2) is 5.82 Å². The zero-order valence-electron chi connectivity index (χ0n) is 10.8.